The number of rotatable bonds is 4. The average molecular weight is 344 g/mol. The van der Waals surface area contributed by atoms with Crippen LogP contribution in [0, 0.1) is 0 Å². The Kier molecular flexibility index (Phi) is 4.94. The minimum Gasteiger partial charge on any atom is -0.305 e. The predicted octanol–water partition coefficient (Wildman–Crippen LogP) is 2.41. The maximum absolute atomic E-state index is 12.3. The molecule has 0 aliphatic heterocycles. The molecule has 3 rings (SSSR count). The Labute approximate surface area is 135 Å². The summed E-state index contributed by atoms with van der Waals surface area (Å²) in [5, 5.41) is 12.5. The maximum atomic E-state index is 12.3. The second-order valence-corrected chi connectivity index (χ2v) is 6.44. The number of aryl methyl sites for hydroxylation is 1. The standard InChI is InChI=1S/C12H13N5OS2.ClH/c1-13-9(7-5-14-17(2)6-7)10(18)16-12-15-8-3-4-19-11(8)20-12;/h3-6,9,13H,1-2H3,(H,15,16,18);1H. The molecule has 3 aromatic heterocycles. The molecular weight excluding hydrogens is 330 g/mol. The van der Waals surface area contributed by atoms with Gasteiger partial charge in [-0.1, -0.05) is 11.3 Å². The summed E-state index contributed by atoms with van der Waals surface area (Å²) in [5.74, 6) is -0.137. The van der Waals surface area contributed by atoms with Crippen LogP contribution in [0.15, 0.2) is 23.8 Å². The second kappa shape index (κ2) is 6.52. The Balaban J connectivity index is 0.00000161. The minimum absolute atomic E-state index is 0. The van der Waals surface area contributed by atoms with Crippen molar-refractivity contribution in [3.63, 3.8) is 0 Å². The number of nitrogens with one attached hydrogen (secondary N) is 2. The topological polar surface area (TPSA) is 71.8 Å². The van der Waals surface area contributed by atoms with Crippen molar-refractivity contribution in [2.45, 2.75) is 6.04 Å². The third kappa shape index (κ3) is 3.24. The lowest BCUT2D eigenvalue weighted by atomic mass is 10.1. The van der Waals surface area contributed by atoms with Crippen molar-refractivity contribution in [3.8, 4) is 0 Å². The molecule has 1 atom stereocenters. The Morgan fingerprint density at radius 1 is 1.48 bits per heavy atom. The number of anilines is 1. The highest BCUT2D eigenvalue weighted by Crippen LogP contribution is 2.30. The quantitative estimate of drug-likeness (QED) is 0.763. The zero-order valence-corrected chi connectivity index (χ0v) is 13.8. The number of aromatic nitrogens is 3. The van der Waals surface area contributed by atoms with E-state index in [-0.39, 0.29) is 18.3 Å². The van der Waals surface area contributed by atoms with Crippen LogP contribution in [-0.2, 0) is 11.8 Å². The van der Waals surface area contributed by atoms with Crippen LogP contribution in [0.2, 0.25) is 0 Å². The number of carbonyl (C=O) groups is 1. The van der Waals surface area contributed by atoms with Crippen molar-refractivity contribution in [3.05, 3.63) is 29.4 Å². The number of thiophene rings is 1. The van der Waals surface area contributed by atoms with E-state index in [1.807, 2.05) is 24.7 Å². The smallest absolute Gasteiger partial charge is 0.247 e. The van der Waals surface area contributed by atoms with Gasteiger partial charge in [-0.3, -0.25) is 9.48 Å². The lowest BCUT2D eigenvalue weighted by Crippen LogP contribution is -2.30. The van der Waals surface area contributed by atoms with E-state index in [9.17, 15) is 4.79 Å². The van der Waals surface area contributed by atoms with Crippen LogP contribution in [0.1, 0.15) is 11.6 Å². The highest BCUT2D eigenvalue weighted by atomic mass is 35.5. The number of amides is 1. The summed E-state index contributed by atoms with van der Waals surface area (Å²) >= 11 is 3.11. The molecule has 0 fully saturated rings. The number of likely N-dealkylation sites (N-methyl/N-ethyl adjacent to an activating group) is 1. The van der Waals surface area contributed by atoms with Crippen molar-refractivity contribution >= 4 is 55.6 Å². The summed E-state index contributed by atoms with van der Waals surface area (Å²) in [7, 11) is 3.57. The molecule has 0 aliphatic carbocycles. The molecule has 1 unspecified atom stereocenters. The third-order valence-corrected chi connectivity index (χ3v) is 4.88. The Morgan fingerprint density at radius 2 is 2.29 bits per heavy atom. The number of hydrogen-bond donors (Lipinski definition) is 2. The van der Waals surface area contributed by atoms with Crippen molar-refractivity contribution in [2.24, 2.45) is 7.05 Å². The van der Waals surface area contributed by atoms with Crippen molar-refractivity contribution in [1.82, 2.24) is 20.1 Å². The van der Waals surface area contributed by atoms with E-state index >= 15 is 0 Å². The molecule has 0 radical (unpaired) electrons. The predicted molar refractivity (Wildman–Crippen MR) is 88.4 cm³/mol. The minimum atomic E-state index is -0.439. The van der Waals surface area contributed by atoms with Gasteiger partial charge in [-0.25, -0.2) is 4.98 Å². The van der Waals surface area contributed by atoms with Gasteiger partial charge >= 0.3 is 0 Å². The Bertz CT molecular complexity index is 721. The fraction of sp³-hybridized carbons (Fsp3) is 0.250. The zero-order chi connectivity index (χ0) is 14.1. The SMILES string of the molecule is CNC(C(=O)Nc1nc2ccsc2s1)c1cnn(C)c1.Cl. The molecule has 0 bridgehead atoms. The molecule has 9 heteroatoms. The highest BCUT2D eigenvalue weighted by molar-refractivity contribution is 7.39. The van der Waals surface area contributed by atoms with Crippen molar-refractivity contribution < 1.29 is 4.79 Å². The van der Waals surface area contributed by atoms with Crippen molar-refractivity contribution in [2.75, 3.05) is 12.4 Å². The lowest BCUT2D eigenvalue weighted by molar-refractivity contribution is -0.118. The van der Waals surface area contributed by atoms with Gasteiger partial charge in [0.05, 0.1) is 11.7 Å². The van der Waals surface area contributed by atoms with Crippen LogP contribution < -0.4 is 10.6 Å². The summed E-state index contributed by atoms with van der Waals surface area (Å²) in [4.78, 5) is 16.7. The monoisotopic (exact) mass is 343 g/mol. The molecule has 1 amide bonds. The first-order chi connectivity index (χ1) is 9.67. The first-order valence-electron chi connectivity index (χ1n) is 5.98. The molecule has 0 aliphatic rings. The average Bonchev–Trinajstić information content (AvgIpc) is 3.06. The number of thiazole rings is 1. The lowest BCUT2D eigenvalue weighted by Gasteiger charge is -2.12. The molecule has 112 valence electrons. The number of nitrogens with zero attached hydrogens (tertiary/aromatic N) is 3. The van der Waals surface area contributed by atoms with Crippen molar-refractivity contribution in [1.29, 1.82) is 0 Å². The molecular formula is C12H14ClN5OS2. The normalized spacial score (nSPS) is 12.1. The van der Waals surface area contributed by atoms with Gasteiger partial charge in [0.1, 0.15) is 10.1 Å². The third-order valence-electron chi connectivity index (χ3n) is 2.86. The van der Waals surface area contributed by atoms with E-state index in [4.69, 9.17) is 0 Å². The Morgan fingerprint density at radius 3 is 2.90 bits per heavy atom. The maximum Gasteiger partial charge on any atom is 0.247 e. The van der Waals surface area contributed by atoms with Gasteiger partial charge in [-0.15, -0.1) is 23.7 Å². The first-order valence-corrected chi connectivity index (χ1v) is 7.67. The molecule has 0 aromatic carbocycles. The molecule has 6 nitrogen and oxygen atoms in total. The van der Waals surface area contributed by atoms with Crippen LogP contribution in [0.4, 0.5) is 5.13 Å². The number of hydrogen-bond acceptors (Lipinski definition) is 6. The van der Waals surface area contributed by atoms with Gasteiger partial charge in [0.15, 0.2) is 5.13 Å². The summed E-state index contributed by atoms with van der Waals surface area (Å²) in [6.45, 7) is 0. The van der Waals surface area contributed by atoms with Crippen LogP contribution in [0.3, 0.4) is 0 Å². The van der Waals surface area contributed by atoms with Crippen LogP contribution in [0.5, 0.6) is 0 Å². The van der Waals surface area contributed by atoms with Gasteiger partial charge in [0.2, 0.25) is 5.91 Å². The molecule has 3 aromatic rings. The number of fused-ring (bicyclic) bond motifs is 1. The number of carbonyl (C=O) groups excluding carboxylic acids is 1. The van der Waals surface area contributed by atoms with E-state index in [2.05, 4.69) is 20.7 Å². The fourth-order valence-corrected chi connectivity index (χ4v) is 3.78. The highest BCUT2D eigenvalue weighted by Gasteiger charge is 2.21. The van der Waals surface area contributed by atoms with Gasteiger partial charge in [0, 0.05) is 18.8 Å². The largest absolute Gasteiger partial charge is 0.305 e. The number of halogens is 1. The van der Waals surface area contributed by atoms with Crippen LogP contribution in [-0.4, -0.2) is 27.7 Å². The first kappa shape index (κ1) is 15.9. The Hall–Kier alpha value is -1.48. The van der Waals surface area contributed by atoms with Gasteiger partial charge in [-0.05, 0) is 18.5 Å². The van der Waals surface area contributed by atoms with Gasteiger partial charge in [-0.2, -0.15) is 5.10 Å². The molecule has 21 heavy (non-hydrogen) atoms. The fourth-order valence-electron chi connectivity index (χ4n) is 1.94. The zero-order valence-electron chi connectivity index (χ0n) is 11.4. The van der Waals surface area contributed by atoms with E-state index in [0.717, 1.165) is 15.1 Å². The molecule has 3 heterocycles. The molecule has 2 N–H and O–H groups in total. The summed E-state index contributed by atoms with van der Waals surface area (Å²) < 4.78 is 2.79. The van der Waals surface area contributed by atoms with Gasteiger partial charge < -0.3 is 10.6 Å². The van der Waals surface area contributed by atoms with E-state index < -0.39 is 6.04 Å². The summed E-state index contributed by atoms with van der Waals surface area (Å²) in [6.07, 6.45) is 3.50. The molecule has 0 spiro atoms. The van der Waals surface area contributed by atoms with Gasteiger partial charge in [0.25, 0.3) is 0 Å². The van der Waals surface area contributed by atoms with E-state index in [1.165, 1.54) is 11.3 Å². The van der Waals surface area contributed by atoms with E-state index in [1.54, 1.807) is 29.3 Å². The summed E-state index contributed by atoms with van der Waals surface area (Å²) in [5.41, 5.74) is 1.75. The van der Waals surface area contributed by atoms with E-state index in [0.29, 0.717) is 5.13 Å². The molecule has 0 saturated heterocycles. The molecule has 0 saturated carbocycles. The van der Waals surface area contributed by atoms with Crippen LogP contribution in [0.25, 0.3) is 9.53 Å². The van der Waals surface area contributed by atoms with Crippen LogP contribution >= 0.6 is 35.1 Å². The summed E-state index contributed by atoms with van der Waals surface area (Å²) in [6, 6.07) is 1.51. The second-order valence-electron chi connectivity index (χ2n) is 4.27.